The molecule has 2 heterocycles. The van der Waals surface area contributed by atoms with Gasteiger partial charge < -0.3 is 15.0 Å². The van der Waals surface area contributed by atoms with E-state index in [1.807, 2.05) is 36.4 Å². The molecule has 1 saturated heterocycles. The second kappa shape index (κ2) is 11.4. The van der Waals surface area contributed by atoms with Crippen molar-refractivity contribution < 1.29 is 9.53 Å². The van der Waals surface area contributed by atoms with Crippen LogP contribution >= 0.6 is 11.8 Å². The van der Waals surface area contributed by atoms with Crippen molar-refractivity contribution in [1.82, 2.24) is 15.5 Å². The van der Waals surface area contributed by atoms with E-state index in [0.29, 0.717) is 6.54 Å². The lowest BCUT2D eigenvalue weighted by Crippen LogP contribution is -2.43. The van der Waals surface area contributed by atoms with Crippen molar-refractivity contribution >= 4 is 23.5 Å². The van der Waals surface area contributed by atoms with Crippen LogP contribution in [0.15, 0.2) is 58.0 Å². The number of amides is 1. The maximum absolute atomic E-state index is 12.7. The molecule has 170 valence electrons. The molecule has 32 heavy (non-hydrogen) atoms. The highest BCUT2D eigenvalue weighted by Gasteiger charge is 2.26. The van der Waals surface area contributed by atoms with E-state index in [-0.39, 0.29) is 11.8 Å². The molecule has 1 aliphatic heterocycles. The molecule has 1 aliphatic carbocycles. The summed E-state index contributed by atoms with van der Waals surface area (Å²) in [5, 5.41) is 12.8. The van der Waals surface area contributed by atoms with Crippen LogP contribution in [0.5, 0.6) is 5.75 Å². The first-order chi connectivity index (χ1) is 15.7. The number of carbonyl (C=O) groups excluding carboxylic acids is 1. The number of nitrogens with zero attached hydrogens (tertiary/aromatic N) is 3. The molecule has 1 fully saturated rings. The number of piperidine rings is 1. The molecule has 0 spiro atoms. The molecule has 0 unspecified atom stereocenters. The Morgan fingerprint density at radius 1 is 1.22 bits per heavy atom. The first-order valence-electron chi connectivity index (χ1n) is 11.6. The number of rotatable bonds is 8. The van der Waals surface area contributed by atoms with Gasteiger partial charge in [0.2, 0.25) is 5.91 Å². The van der Waals surface area contributed by atoms with Crippen LogP contribution in [0.1, 0.15) is 44.9 Å². The number of nitrogens with one attached hydrogen (secondary N) is 1. The predicted octanol–water partition coefficient (Wildman–Crippen LogP) is 4.86. The van der Waals surface area contributed by atoms with Gasteiger partial charge in [0.1, 0.15) is 10.8 Å². The number of aromatic nitrogens is 2. The average molecular weight is 453 g/mol. The summed E-state index contributed by atoms with van der Waals surface area (Å²) in [7, 11) is 1.67. The molecule has 1 atom stereocenters. The minimum atomic E-state index is 0.0109. The molecule has 2 aliphatic rings. The Hall–Kier alpha value is -2.54. The summed E-state index contributed by atoms with van der Waals surface area (Å²) < 4.78 is 5.28. The van der Waals surface area contributed by atoms with Crippen molar-refractivity contribution in [3.8, 4) is 5.75 Å². The van der Waals surface area contributed by atoms with E-state index in [0.717, 1.165) is 53.8 Å². The molecule has 6 nitrogen and oxygen atoms in total. The van der Waals surface area contributed by atoms with E-state index >= 15 is 0 Å². The monoisotopic (exact) mass is 452 g/mol. The van der Waals surface area contributed by atoms with Gasteiger partial charge in [-0.15, -0.1) is 10.2 Å². The highest BCUT2D eigenvalue weighted by Crippen LogP contribution is 2.29. The number of methoxy groups -OCH3 is 1. The Labute approximate surface area is 194 Å². The average Bonchev–Trinajstić information content (AvgIpc) is 2.85. The third kappa shape index (κ3) is 6.25. The number of benzene rings is 1. The summed E-state index contributed by atoms with van der Waals surface area (Å²) in [6, 6.07) is 11.9. The minimum absolute atomic E-state index is 0.0109. The number of anilines is 1. The molecule has 2 aromatic rings. The Balaban J connectivity index is 1.28. The summed E-state index contributed by atoms with van der Waals surface area (Å²) in [5.74, 6) is 1.85. The summed E-state index contributed by atoms with van der Waals surface area (Å²) in [4.78, 5) is 16.0. The Morgan fingerprint density at radius 3 is 2.94 bits per heavy atom. The maximum Gasteiger partial charge on any atom is 0.224 e. The Bertz CT molecular complexity index is 932. The second-order valence-electron chi connectivity index (χ2n) is 8.45. The molecule has 1 aromatic heterocycles. The lowest BCUT2D eigenvalue weighted by atomic mass is 9.96. The molecule has 0 saturated carbocycles. The van der Waals surface area contributed by atoms with Crippen molar-refractivity contribution in [3.63, 3.8) is 0 Å². The van der Waals surface area contributed by atoms with E-state index in [1.54, 1.807) is 18.9 Å². The fraction of sp³-hybridized carbons (Fsp3) is 0.480. The van der Waals surface area contributed by atoms with Crippen LogP contribution < -0.4 is 15.0 Å². The van der Waals surface area contributed by atoms with Gasteiger partial charge in [0.05, 0.1) is 13.0 Å². The van der Waals surface area contributed by atoms with E-state index < -0.39 is 0 Å². The fourth-order valence-corrected chi connectivity index (χ4v) is 5.12. The van der Waals surface area contributed by atoms with E-state index in [1.165, 1.54) is 31.3 Å². The lowest BCUT2D eigenvalue weighted by Gasteiger charge is -2.32. The minimum Gasteiger partial charge on any atom is -0.497 e. The van der Waals surface area contributed by atoms with Crippen LogP contribution in [-0.4, -0.2) is 42.8 Å². The van der Waals surface area contributed by atoms with Crippen molar-refractivity contribution in [3.05, 3.63) is 48.0 Å². The van der Waals surface area contributed by atoms with Crippen LogP contribution in [0.25, 0.3) is 0 Å². The van der Waals surface area contributed by atoms with Gasteiger partial charge in [0.15, 0.2) is 5.82 Å². The predicted molar refractivity (Wildman–Crippen MR) is 128 cm³/mol. The van der Waals surface area contributed by atoms with Gasteiger partial charge >= 0.3 is 0 Å². The standard InChI is InChI=1S/C25H32N4O2S/c1-31-21-10-5-11-22(17-21)32-24-13-12-23(27-28-24)29-16-6-9-20(18-29)25(30)26-15-14-19-7-3-2-4-8-19/h5,7,10-13,17,20H,2-4,6,8-9,14-16,18H2,1H3,(H,26,30)/t20-/m0/s1. The number of hydrogen-bond donors (Lipinski definition) is 1. The SMILES string of the molecule is COc1cccc(Sc2ccc(N3CCC[C@H](C(=O)NCCC4=CCCCC4)C3)nn2)c1. The molecule has 1 aromatic carbocycles. The summed E-state index contributed by atoms with van der Waals surface area (Å²) >= 11 is 1.56. The molecule has 1 amide bonds. The molecule has 1 N–H and O–H groups in total. The third-order valence-electron chi connectivity index (χ3n) is 6.14. The van der Waals surface area contributed by atoms with Crippen LogP contribution in [0.4, 0.5) is 5.82 Å². The van der Waals surface area contributed by atoms with Crippen molar-refractivity contribution in [1.29, 1.82) is 0 Å². The Kier molecular flexibility index (Phi) is 8.04. The van der Waals surface area contributed by atoms with Crippen molar-refractivity contribution in [2.45, 2.75) is 54.9 Å². The first kappa shape index (κ1) is 22.6. The molecule has 4 rings (SSSR count). The highest BCUT2D eigenvalue weighted by atomic mass is 32.2. The smallest absolute Gasteiger partial charge is 0.224 e. The lowest BCUT2D eigenvalue weighted by molar-refractivity contribution is -0.125. The normalized spacial score (nSPS) is 18.7. The van der Waals surface area contributed by atoms with Crippen molar-refractivity contribution in [2.75, 3.05) is 31.6 Å². The van der Waals surface area contributed by atoms with E-state index in [4.69, 9.17) is 4.74 Å². The van der Waals surface area contributed by atoms with Gasteiger partial charge in [-0.1, -0.05) is 29.5 Å². The van der Waals surface area contributed by atoms with E-state index in [9.17, 15) is 4.79 Å². The highest BCUT2D eigenvalue weighted by molar-refractivity contribution is 7.99. The molecule has 0 radical (unpaired) electrons. The number of hydrogen-bond acceptors (Lipinski definition) is 6. The van der Waals surface area contributed by atoms with Crippen molar-refractivity contribution in [2.24, 2.45) is 5.92 Å². The summed E-state index contributed by atoms with van der Waals surface area (Å²) in [6.07, 6.45) is 10.2. The topological polar surface area (TPSA) is 67.3 Å². The third-order valence-corrected chi connectivity index (χ3v) is 7.05. The maximum atomic E-state index is 12.7. The number of carbonyl (C=O) groups is 1. The van der Waals surface area contributed by atoms with Crippen LogP contribution in [-0.2, 0) is 4.79 Å². The number of ether oxygens (including phenoxy) is 1. The summed E-state index contributed by atoms with van der Waals surface area (Å²) in [5.41, 5.74) is 1.50. The molecular weight excluding hydrogens is 420 g/mol. The zero-order valence-electron chi connectivity index (χ0n) is 18.8. The zero-order valence-corrected chi connectivity index (χ0v) is 19.6. The Morgan fingerprint density at radius 2 is 2.16 bits per heavy atom. The summed E-state index contributed by atoms with van der Waals surface area (Å²) in [6.45, 7) is 2.36. The van der Waals surface area contributed by atoms with E-state index in [2.05, 4.69) is 26.5 Å². The van der Waals surface area contributed by atoms with Crippen LogP contribution in [0.2, 0.25) is 0 Å². The fourth-order valence-electron chi connectivity index (χ4n) is 4.34. The quantitative estimate of drug-likeness (QED) is 0.577. The van der Waals surface area contributed by atoms with Crippen LogP contribution in [0, 0.1) is 5.92 Å². The van der Waals surface area contributed by atoms with Gasteiger partial charge in [-0.25, -0.2) is 0 Å². The molecule has 7 heteroatoms. The molecular formula is C25H32N4O2S. The zero-order chi connectivity index (χ0) is 22.2. The van der Waals surface area contributed by atoms with Crippen LogP contribution in [0.3, 0.4) is 0 Å². The van der Waals surface area contributed by atoms with Gasteiger partial charge in [-0.3, -0.25) is 4.79 Å². The largest absolute Gasteiger partial charge is 0.497 e. The van der Waals surface area contributed by atoms with Gasteiger partial charge in [0, 0.05) is 24.5 Å². The van der Waals surface area contributed by atoms with Gasteiger partial charge in [-0.2, -0.15) is 0 Å². The molecule has 0 bridgehead atoms. The second-order valence-corrected chi connectivity index (χ2v) is 9.54. The van der Waals surface area contributed by atoms with Gasteiger partial charge in [-0.05, 0) is 75.3 Å². The number of allylic oxidation sites excluding steroid dienone is 1. The first-order valence-corrected chi connectivity index (χ1v) is 12.4. The van der Waals surface area contributed by atoms with Gasteiger partial charge in [0.25, 0.3) is 0 Å².